The van der Waals surface area contributed by atoms with Crippen molar-refractivity contribution in [3.63, 3.8) is 0 Å². The van der Waals surface area contributed by atoms with Crippen LogP contribution < -0.4 is 4.90 Å². The van der Waals surface area contributed by atoms with Gasteiger partial charge in [-0.25, -0.2) is 4.98 Å². The maximum Gasteiger partial charge on any atom is 0.227 e. The molecule has 0 bridgehead atoms. The molecule has 4 nitrogen and oxygen atoms in total. The zero-order chi connectivity index (χ0) is 21.2. The number of aromatic nitrogens is 1. The Labute approximate surface area is 188 Å². The van der Waals surface area contributed by atoms with Gasteiger partial charge in [0, 0.05) is 47.3 Å². The molecule has 2 fully saturated rings. The standard InChI is InChI=1S/C26H31N3OS/c1-19-16-23-24(31-19)9-12-27-25(23)29-13-5-8-22(18-29)26(30)28-14-10-21(11-15-28)17-20-6-3-2-4-7-20/h2-4,6-7,9,12,16,21-22H,5,8,10-11,13-15,17-18H2,1H3/t22-/m1/s1. The number of carbonyl (C=O) groups is 1. The number of thiophene rings is 1. The normalized spacial score (nSPS) is 20.4. The second-order valence-electron chi connectivity index (χ2n) is 9.15. The Morgan fingerprint density at radius 2 is 1.90 bits per heavy atom. The molecule has 2 aliphatic heterocycles. The predicted octanol–water partition coefficient (Wildman–Crippen LogP) is 5.30. The van der Waals surface area contributed by atoms with E-state index in [0.717, 1.165) is 64.1 Å². The summed E-state index contributed by atoms with van der Waals surface area (Å²) in [7, 11) is 0. The van der Waals surface area contributed by atoms with Gasteiger partial charge in [-0.2, -0.15) is 0 Å². The first kappa shape index (κ1) is 20.5. The number of fused-ring (bicyclic) bond motifs is 1. The van der Waals surface area contributed by atoms with Crippen LogP contribution in [0.25, 0.3) is 10.1 Å². The first-order chi connectivity index (χ1) is 15.2. The van der Waals surface area contributed by atoms with Gasteiger partial charge in [0.15, 0.2) is 0 Å². The number of rotatable bonds is 4. The molecule has 0 unspecified atom stereocenters. The van der Waals surface area contributed by atoms with Crippen LogP contribution in [0, 0.1) is 18.8 Å². The number of anilines is 1. The summed E-state index contributed by atoms with van der Waals surface area (Å²) in [6.45, 7) is 5.75. The smallest absolute Gasteiger partial charge is 0.227 e. The molecular formula is C26H31N3OS. The van der Waals surface area contributed by atoms with Crippen LogP contribution >= 0.6 is 11.3 Å². The molecular weight excluding hydrogens is 402 g/mol. The summed E-state index contributed by atoms with van der Waals surface area (Å²) in [5, 5.41) is 1.24. The van der Waals surface area contributed by atoms with E-state index in [1.807, 2.05) is 17.5 Å². The van der Waals surface area contributed by atoms with Gasteiger partial charge in [-0.1, -0.05) is 30.3 Å². The molecule has 2 aromatic heterocycles. The van der Waals surface area contributed by atoms with E-state index >= 15 is 0 Å². The van der Waals surface area contributed by atoms with Crippen LogP contribution in [0.4, 0.5) is 5.82 Å². The summed E-state index contributed by atoms with van der Waals surface area (Å²) >= 11 is 1.82. The van der Waals surface area contributed by atoms with Crippen molar-refractivity contribution in [1.29, 1.82) is 0 Å². The third kappa shape index (κ3) is 4.47. The minimum absolute atomic E-state index is 0.0937. The minimum atomic E-state index is 0.0937. The molecule has 5 heteroatoms. The Kier molecular flexibility index (Phi) is 5.95. The molecule has 0 aliphatic carbocycles. The highest BCUT2D eigenvalue weighted by atomic mass is 32.1. The van der Waals surface area contributed by atoms with Crippen molar-refractivity contribution < 1.29 is 4.79 Å². The van der Waals surface area contributed by atoms with Gasteiger partial charge < -0.3 is 9.80 Å². The lowest BCUT2D eigenvalue weighted by molar-refractivity contribution is -0.137. The van der Waals surface area contributed by atoms with Crippen LogP contribution in [0.2, 0.25) is 0 Å². The van der Waals surface area contributed by atoms with Gasteiger partial charge in [-0.3, -0.25) is 4.79 Å². The third-order valence-corrected chi connectivity index (χ3v) is 7.93. The molecule has 31 heavy (non-hydrogen) atoms. The van der Waals surface area contributed by atoms with Crippen LogP contribution in [0.5, 0.6) is 0 Å². The Bertz CT molecular complexity index is 1040. The number of amides is 1. The number of piperidine rings is 2. The quantitative estimate of drug-likeness (QED) is 0.560. The zero-order valence-electron chi connectivity index (χ0n) is 18.3. The third-order valence-electron chi connectivity index (χ3n) is 6.91. The average molecular weight is 434 g/mol. The second-order valence-corrected chi connectivity index (χ2v) is 10.4. The van der Waals surface area contributed by atoms with Crippen molar-refractivity contribution >= 4 is 33.1 Å². The van der Waals surface area contributed by atoms with Crippen LogP contribution in [-0.2, 0) is 11.2 Å². The largest absolute Gasteiger partial charge is 0.355 e. The molecule has 0 spiro atoms. The highest BCUT2D eigenvalue weighted by Crippen LogP contribution is 2.34. The molecule has 0 saturated carbocycles. The van der Waals surface area contributed by atoms with Crippen molar-refractivity contribution in [2.24, 2.45) is 11.8 Å². The lowest BCUT2D eigenvalue weighted by atomic mass is 9.89. The van der Waals surface area contributed by atoms with Crippen molar-refractivity contribution in [2.45, 2.75) is 39.0 Å². The number of nitrogens with zero attached hydrogens (tertiary/aromatic N) is 3. The first-order valence-corrected chi connectivity index (χ1v) is 12.4. The van der Waals surface area contributed by atoms with E-state index in [9.17, 15) is 4.79 Å². The fourth-order valence-corrected chi connectivity index (χ4v) is 6.17. The van der Waals surface area contributed by atoms with Gasteiger partial charge in [-0.15, -0.1) is 11.3 Å². The highest BCUT2D eigenvalue weighted by molar-refractivity contribution is 7.19. The molecule has 1 amide bonds. The number of hydrogen-bond acceptors (Lipinski definition) is 4. The van der Waals surface area contributed by atoms with Gasteiger partial charge in [0.1, 0.15) is 5.82 Å². The fourth-order valence-electron chi connectivity index (χ4n) is 5.26. The Morgan fingerprint density at radius 3 is 2.71 bits per heavy atom. The van der Waals surface area contributed by atoms with Crippen molar-refractivity contribution in [3.8, 4) is 0 Å². The minimum Gasteiger partial charge on any atom is -0.355 e. The number of carbonyl (C=O) groups excluding carboxylic acids is 1. The summed E-state index contributed by atoms with van der Waals surface area (Å²) in [6, 6.07) is 15.1. The topological polar surface area (TPSA) is 36.4 Å². The van der Waals surface area contributed by atoms with Crippen molar-refractivity contribution in [2.75, 3.05) is 31.1 Å². The highest BCUT2D eigenvalue weighted by Gasteiger charge is 2.32. The number of hydrogen-bond donors (Lipinski definition) is 0. The molecule has 5 rings (SSSR count). The summed E-state index contributed by atoms with van der Waals surface area (Å²) in [5.74, 6) is 2.20. The Morgan fingerprint density at radius 1 is 1.10 bits per heavy atom. The van der Waals surface area contributed by atoms with E-state index in [4.69, 9.17) is 4.98 Å². The summed E-state index contributed by atoms with van der Waals surface area (Å²) in [4.78, 5) is 23.9. The monoisotopic (exact) mass is 433 g/mol. The molecule has 3 aromatic rings. The average Bonchev–Trinajstić information content (AvgIpc) is 3.20. The van der Waals surface area contributed by atoms with E-state index in [1.54, 1.807) is 0 Å². The zero-order valence-corrected chi connectivity index (χ0v) is 19.1. The molecule has 0 radical (unpaired) electrons. The molecule has 1 aromatic carbocycles. The van der Waals surface area contributed by atoms with E-state index < -0.39 is 0 Å². The van der Waals surface area contributed by atoms with Crippen LogP contribution in [0.15, 0.2) is 48.7 Å². The van der Waals surface area contributed by atoms with Crippen LogP contribution in [0.3, 0.4) is 0 Å². The molecule has 4 heterocycles. The predicted molar refractivity (Wildman–Crippen MR) is 129 cm³/mol. The SMILES string of the molecule is Cc1cc2c(N3CCC[C@@H](C(=O)N4CCC(Cc5ccccc5)CC4)C3)nccc2s1. The van der Waals surface area contributed by atoms with E-state index in [0.29, 0.717) is 11.8 Å². The fraction of sp³-hybridized carbons (Fsp3) is 0.462. The van der Waals surface area contributed by atoms with Gasteiger partial charge in [0.05, 0.1) is 5.92 Å². The second kappa shape index (κ2) is 8.99. The lowest BCUT2D eigenvalue weighted by Gasteiger charge is -2.38. The maximum absolute atomic E-state index is 13.3. The molecule has 2 aliphatic rings. The van der Waals surface area contributed by atoms with Crippen LogP contribution in [-0.4, -0.2) is 42.0 Å². The summed E-state index contributed by atoms with van der Waals surface area (Å²) in [5.41, 5.74) is 1.42. The van der Waals surface area contributed by atoms with Gasteiger partial charge in [0.25, 0.3) is 0 Å². The van der Waals surface area contributed by atoms with Gasteiger partial charge in [0.2, 0.25) is 5.91 Å². The number of aryl methyl sites for hydroxylation is 1. The number of likely N-dealkylation sites (tertiary alicyclic amines) is 1. The molecule has 0 N–H and O–H groups in total. The molecule has 1 atom stereocenters. The van der Waals surface area contributed by atoms with E-state index in [1.165, 1.54) is 20.5 Å². The van der Waals surface area contributed by atoms with E-state index in [2.05, 4.69) is 59.2 Å². The number of benzene rings is 1. The Hall–Kier alpha value is -2.40. The van der Waals surface area contributed by atoms with Crippen LogP contribution in [0.1, 0.15) is 36.1 Å². The van der Waals surface area contributed by atoms with Crippen molar-refractivity contribution in [3.05, 3.63) is 59.1 Å². The molecule has 162 valence electrons. The Balaban J connectivity index is 1.21. The summed E-state index contributed by atoms with van der Waals surface area (Å²) < 4.78 is 1.29. The maximum atomic E-state index is 13.3. The summed E-state index contributed by atoms with van der Waals surface area (Å²) in [6.07, 6.45) is 7.34. The first-order valence-electron chi connectivity index (χ1n) is 11.6. The van der Waals surface area contributed by atoms with Crippen molar-refractivity contribution in [1.82, 2.24) is 9.88 Å². The van der Waals surface area contributed by atoms with Gasteiger partial charge >= 0.3 is 0 Å². The van der Waals surface area contributed by atoms with Gasteiger partial charge in [-0.05, 0) is 62.6 Å². The number of pyridine rings is 1. The lowest BCUT2D eigenvalue weighted by Crippen LogP contribution is -2.47. The molecule has 2 saturated heterocycles. The van der Waals surface area contributed by atoms with E-state index in [-0.39, 0.29) is 5.92 Å².